The van der Waals surface area contributed by atoms with Crippen molar-refractivity contribution in [2.45, 2.75) is 56.9 Å². The molecule has 1 aliphatic rings. The quantitative estimate of drug-likeness (QED) is 0.749. The van der Waals surface area contributed by atoms with Gasteiger partial charge in [-0.15, -0.1) is 11.6 Å². The molecule has 1 unspecified atom stereocenters. The number of nitrogens with zero attached hydrogens (tertiary/aromatic N) is 2. The summed E-state index contributed by atoms with van der Waals surface area (Å²) in [5, 5.41) is 0. The molecule has 4 nitrogen and oxygen atoms in total. The minimum atomic E-state index is -3.38. The van der Waals surface area contributed by atoms with Gasteiger partial charge < -0.3 is 4.57 Å². The van der Waals surface area contributed by atoms with Crippen LogP contribution in [0.5, 0.6) is 0 Å². The summed E-state index contributed by atoms with van der Waals surface area (Å²) in [7, 11) is -3.38. The van der Waals surface area contributed by atoms with E-state index in [2.05, 4.69) is 13.8 Å². The summed E-state index contributed by atoms with van der Waals surface area (Å²) in [6, 6.07) is 1.73. The second kappa shape index (κ2) is 7.16. The van der Waals surface area contributed by atoms with Crippen LogP contribution in [0.3, 0.4) is 0 Å². The SMILES string of the molecule is CCCn1cc(S(=O)(=O)N2CCCC(CC)C2)cc1CCl. The van der Waals surface area contributed by atoms with Crippen LogP contribution in [0.4, 0.5) is 0 Å². The molecular formula is C15H25ClN2O2S. The zero-order valence-electron chi connectivity index (χ0n) is 12.9. The number of alkyl halides is 1. The number of rotatable bonds is 6. The van der Waals surface area contributed by atoms with Gasteiger partial charge in [0.05, 0.1) is 5.88 Å². The van der Waals surface area contributed by atoms with Crippen molar-refractivity contribution in [2.24, 2.45) is 5.92 Å². The minimum Gasteiger partial charge on any atom is -0.349 e. The lowest BCUT2D eigenvalue weighted by atomic mass is 9.97. The Labute approximate surface area is 133 Å². The Morgan fingerprint density at radius 3 is 2.76 bits per heavy atom. The Morgan fingerprint density at radius 1 is 1.38 bits per heavy atom. The number of aryl methyl sites for hydroxylation is 1. The second-order valence-electron chi connectivity index (χ2n) is 5.77. The van der Waals surface area contributed by atoms with Gasteiger partial charge in [-0.2, -0.15) is 4.31 Å². The van der Waals surface area contributed by atoms with Crippen molar-refractivity contribution in [3.8, 4) is 0 Å². The number of halogens is 1. The molecule has 1 fully saturated rings. The number of aromatic nitrogens is 1. The van der Waals surface area contributed by atoms with E-state index >= 15 is 0 Å². The van der Waals surface area contributed by atoms with Crippen molar-refractivity contribution < 1.29 is 8.42 Å². The topological polar surface area (TPSA) is 42.3 Å². The van der Waals surface area contributed by atoms with Crippen molar-refractivity contribution >= 4 is 21.6 Å². The van der Waals surface area contributed by atoms with Gasteiger partial charge in [-0.25, -0.2) is 8.42 Å². The van der Waals surface area contributed by atoms with Crippen LogP contribution < -0.4 is 0 Å². The van der Waals surface area contributed by atoms with Crippen LogP contribution in [0.15, 0.2) is 17.2 Å². The summed E-state index contributed by atoms with van der Waals surface area (Å²) >= 11 is 5.93. The van der Waals surface area contributed by atoms with Crippen molar-refractivity contribution in [3.63, 3.8) is 0 Å². The molecule has 0 N–H and O–H groups in total. The maximum atomic E-state index is 12.8. The molecule has 0 aliphatic carbocycles. The molecule has 120 valence electrons. The molecule has 2 heterocycles. The largest absolute Gasteiger partial charge is 0.349 e. The van der Waals surface area contributed by atoms with E-state index in [4.69, 9.17) is 11.6 Å². The summed E-state index contributed by atoms with van der Waals surface area (Å²) in [6.07, 6.45) is 5.82. The second-order valence-corrected chi connectivity index (χ2v) is 7.98. The lowest BCUT2D eigenvalue weighted by molar-refractivity contribution is 0.261. The molecule has 0 radical (unpaired) electrons. The fraction of sp³-hybridized carbons (Fsp3) is 0.733. The molecule has 6 heteroatoms. The van der Waals surface area contributed by atoms with Gasteiger partial charge in [-0.05, 0) is 31.2 Å². The van der Waals surface area contributed by atoms with E-state index in [0.717, 1.165) is 37.9 Å². The summed E-state index contributed by atoms with van der Waals surface area (Å²) in [5.74, 6) is 0.825. The summed E-state index contributed by atoms with van der Waals surface area (Å²) < 4.78 is 29.2. The first kappa shape index (κ1) is 16.8. The van der Waals surface area contributed by atoms with E-state index in [-0.39, 0.29) is 0 Å². The van der Waals surface area contributed by atoms with E-state index in [9.17, 15) is 8.42 Å². The normalized spacial score (nSPS) is 20.8. The predicted molar refractivity (Wildman–Crippen MR) is 86.1 cm³/mol. The summed E-state index contributed by atoms with van der Waals surface area (Å²) in [4.78, 5) is 0.392. The van der Waals surface area contributed by atoms with Gasteiger partial charge >= 0.3 is 0 Å². The number of hydrogen-bond acceptors (Lipinski definition) is 2. The van der Waals surface area contributed by atoms with Crippen molar-refractivity contribution in [1.29, 1.82) is 0 Å². The zero-order chi connectivity index (χ0) is 15.5. The van der Waals surface area contributed by atoms with E-state index < -0.39 is 10.0 Å². The van der Waals surface area contributed by atoms with E-state index in [1.54, 1.807) is 16.6 Å². The van der Waals surface area contributed by atoms with Gasteiger partial charge in [0.1, 0.15) is 4.90 Å². The fourth-order valence-electron chi connectivity index (χ4n) is 2.95. The van der Waals surface area contributed by atoms with Gasteiger partial charge in [0.2, 0.25) is 10.0 Å². The molecule has 1 aromatic heterocycles. The highest BCUT2D eigenvalue weighted by molar-refractivity contribution is 7.89. The van der Waals surface area contributed by atoms with Crippen molar-refractivity contribution in [2.75, 3.05) is 13.1 Å². The maximum Gasteiger partial charge on any atom is 0.244 e. The van der Waals surface area contributed by atoms with Gasteiger partial charge in [-0.1, -0.05) is 20.3 Å². The third kappa shape index (κ3) is 3.63. The third-order valence-corrected chi connectivity index (χ3v) is 6.36. The molecule has 21 heavy (non-hydrogen) atoms. The molecule has 0 amide bonds. The van der Waals surface area contributed by atoms with E-state index in [1.165, 1.54) is 0 Å². The van der Waals surface area contributed by atoms with Crippen molar-refractivity contribution in [3.05, 3.63) is 18.0 Å². The number of hydrogen-bond donors (Lipinski definition) is 0. The van der Waals surface area contributed by atoms with E-state index in [1.807, 2.05) is 4.57 Å². The maximum absolute atomic E-state index is 12.8. The first-order valence-corrected chi connectivity index (χ1v) is 9.75. The van der Waals surface area contributed by atoms with Crippen LogP contribution in [0.25, 0.3) is 0 Å². The third-order valence-electron chi connectivity index (χ3n) is 4.26. The van der Waals surface area contributed by atoms with Gasteiger partial charge in [0, 0.05) is 31.5 Å². The summed E-state index contributed by atoms with van der Waals surface area (Å²) in [6.45, 7) is 6.28. The molecule has 1 atom stereocenters. The lowest BCUT2D eigenvalue weighted by Crippen LogP contribution is -2.39. The van der Waals surface area contributed by atoms with E-state index in [0.29, 0.717) is 29.8 Å². The fourth-order valence-corrected chi connectivity index (χ4v) is 4.80. The molecular weight excluding hydrogens is 308 g/mol. The number of piperidine rings is 1. The Kier molecular flexibility index (Phi) is 5.74. The van der Waals surface area contributed by atoms with Crippen LogP contribution in [0.1, 0.15) is 45.2 Å². The Hall–Kier alpha value is -0.520. The molecule has 0 spiro atoms. The van der Waals surface area contributed by atoms with Crippen LogP contribution in [-0.4, -0.2) is 30.4 Å². The standard InChI is InChI=1S/C15H25ClN2O2S/c1-3-7-17-12-15(9-14(17)10-16)21(19,20)18-8-5-6-13(4-2)11-18/h9,12-13H,3-8,10-11H2,1-2H3. The van der Waals surface area contributed by atoms with Crippen LogP contribution in [0.2, 0.25) is 0 Å². The average molecular weight is 333 g/mol. The minimum absolute atomic E-state index is 0.340. The zero-order valence-corrected chi connectivity index (χ0v) is 14.5. The highest BCUT2D eigenvalue weighted by Gasteiger charge is 2.30. The van der Waals surface area contributed by atoms with Crippen LogP contribution in [0, 0.1) is 5.92 Å². The molecule has 0 bridgehead atoms. The molecule has 0 aromatic carbocycles. The lowest BCUT2D eigenvalue weighted by Gasteiger charge is -2.31. The monoisotopic (exact) mass is 332 g/mol. The predicted octanol–water partition coefficient (Wildman–Crippen LogP) is 3.45. The molecule has 1 aromatic rings. The highest BCUT2D eigenvalue weighted by atomic mass is 35.5. The van der Waals surface area contributed by atoms with Crippen LogP contribution >= 0.6 is 11.6 Å². The smallest absolute Gasteiger partial charge is 0.244 e. The Bertz CT molecular complexity index is 568. The average Bonchev–Trinajstić information content (AvgIpc) is 2.91. The first-order chi connectivity index (χ1) is 10.0. The van der Waals surface area contributed by atoms with Gasteiger partial charge in [0.15, 0.2) is 0 Å². The molecule has 1 aliphatic heterocycles. The molecule has 1 saturated heterocycles. The molecule has 2 rings (SSSR count). The highest BCUT2D eigenvalue weighted by Crippen LogP contribution is 2.26. The van der Waals surface area contributed by atoms with Gasteiger partial charge in [0.25, 0.3) is 0 Å². The van der Waals surface area contributed by atoms with Crippen LogP contribution in [-0.2, 0) is 22.4 Å². The molecule has 0 saturated carbocycles. The Balaban J connectivity index is 2.26. The Morgan fingerprint density at radius 2 is 2.14 bits per heavy atom. The van der Waals surface area contributed by atoms with Crippen molar-refractivity contribution in [1.82, 2.24) is 8.87 Å². The number of sulfonamides is 1. The van der Waals surface area contributed by atoms with Gasteiger partial charge in [-0.3, -0.25) is 0 Å². The summed E-state index contributed by atoms with van der Waals surface area (Å²) in [5.41, 5.74) is 0.876. The first-order valence-electron chi connectivity index (χ1n) is 7.78.